The Kier molecular flexibility index (Phi) is 3.64. The number of piperazine rings is 1. The molecule has 1 heterocycles. The monoisotopic (exact) mass is 234 g/mol. The van der Waals surface area contributed by atoms with Gasteiger partial charge in [0.25, 0.3) is 0 Å². The number of carboxylic acids is 1. The van der Waals surface area contributed by atoms with Crippen LogP contribution in [0.15, 0.2) is 24.3 Å². The zero-order valence-corrected chi connectivity index (χ0v) is 10.1. The van der Waals surface area contributed by atoms with Crippen LogP contribution in [0.5, 0.6) is 0 Å². The van der Waals surface area contributed by atoms with Crippen molar-refractivity contribution in [2.45, 2.75) is 6.92 Å². The number of aliphatic carboxylic acids is 1. The van der Waals surface area contributed by atoms with Gasteiger partial charge in [-0.2, -0.15) is 0 Å². The summed E-state index contributed by atoms with van der Waals surface area (Å²) in [4.78, 5) is 13.9. The Morgan fingerprint density at radius 1 is 1.41 bits per heavy atom. The number of anilines is 1. The highest BCUT2D eigenvalue weighted by Crippen LogP contribution is 2.15. The lowest BCUT2D eigenvalue weighted by atomic mass is 10.2. The third-order valence-corrected chi connectivity index (χ3v) is 3.23. The molecular weight excluding hydrogens is 216 g/mol. The predicted molar refractivity (Wildman–Crippen MR) is 64.0 cm³/mol. The van der Waals surface area contributed by atoms with Crippen LogP contribution in [0, 0.1) is 6.92 Å². The number of benzene rings is 1. The number of nitrogens with one attached hydrogen (secondary N) is 1. The Labute approximate surface area is 101 Å². The van der Waals surface area contributed by atoms with E-state index in [1.54, 1.807) is 0 Å². The topological polar surface area (TPSA) is 47.8 Å². The zero-order chi connectivity index (χ0) is 12.3. The van der Waals surface area contributed by atoms with Gasteiger partial charge in [0.15, 0.2) is 0 Å². The molecule has 1 aliphatic heterocycles. The molecule has 1 saturated heterocycles. The first-order valence-electron chi connectivity index (χ1n) is 6.00. The molecule has 0 radical (unpaired) electrons. The molecule has 1 N–H and O–H groups in total. The molecule has 17 heavy (non-hydrogen) atoms. The summed E-state index contributed by atoms with van der Waals surface area (Å²) in [7, 11) is 0. The van der Waals surface area contributed by atoms with Gasteiger partial charge in [0.1, 0.15) is 6.54 Å². The van der Waals surface area contributed by atoms with Gasteiger partial charge in [0.05, 0.1) is 32.1 Å². The zero-order valence-electron chi connectivity index (χ0n) is 10.1. The van der Waals surface area contributed by atoms with Crippen molar-refractivity contribution in [1.82, 2.24) is 0 Å². The maximum absolute atomic E-state index is 10.5. The SMILES string of the molecule is Cc1cccc(N2CC[NH+](CC(=O)[O-])CC2)c1. The average molecular weight is 234 g/mol. The smallest absolute Gasteiger partial charge is 0.117 e. The number of hydrogen-bond acceptors (Lipinski definition) is 3. The molecule has 4 heteroatoms. The molecular formula is C13H18N2O2. The summed E-state index contributed by atoms with van der Waals surface area (Å²) in [5, 5.41) is 10.5. The summed E-state index contributed by atoms with van der Waals surface area (Å²) in [5.41, 5.74) is 2.49. The Bertz CT molecular complexity index is 398. The van der Waals surface area contributed by atoms with E-state index in [4.69, 9.17) is 0 Å². The van der Waals surface area contributed by atoms with Crippen molar-refractivity contribution in [2.75, 3.05) is 37.6 Å². The molecule has 0 unspecified atom stereocenters. The van der Waals surface area contributed by atoms with Crippen molar-refractivity contribution < 1.29 is 14.8 Å². The van der Waals surface area contributed by atoms with Gasteiger partial charge in [-0.1, -0.05) is 12.1 Å². The first-order valence-corrected chi connectivity index (χ1v) is 6.00. The van der Waals surface area contributed by atoms with Crippen LogP contribution in [0.3, 0.4) is 0 Å². The summed E-state index contributed by atoms with van der Waals surface area (Å²) in [6.07, 6.45) is 0. The van der Waals surface area contributed by atoms with Crippen molar-refractivity contribution >= 4 is 11.7 Å². The second-order valence-corrected chi connectivity index (χ2v) is 4.62. The Morgan fingerprint density at radius 2 is 2.12 bits per heavy atom. The van der Waals surface area contributed by atoms with Crippen LogP contribution in [0.2, 0.25) is 0 Å². The Hall–Kier alpha value is -1.55. The number of rotatable bonds is 3. The highest BCUT2D eigenvalue weighted by Gasteiger charge is 2.19. The van der Waals surface area contributed by atoms with Crippen molar-refractivity contribution in [3.63, 3.8) is 0 Å². The molecule has 0 spiro atoms. The molecule has 2 rings (SSSR count). The summed E-state index contributed by atoms with van der Waals surface area (Å²) in [6, 6.07) is 8.42. The normalized spacial score (nSPS) is 17.1. The van der Waals surface area contributed by atoms with Gasteiger partial charge in [-0.3, -0.25) is 0 Å². The van der Waals surface area contributed by atoms with Crippen LogP contribution in [-0.4, -0.2) is 38.7 Å². The molecule has 0 amide bonds. The third-order valence-electron chi connectivity index (χ3n) is 3.23. The third kappa shape index (κ3) is 3.20. The molecule has 92 valence electrons. The van der Waals surface area contributed by atoms with Gasteiger partial charge in [0.2, 0.25) is 0 Å². The standard InChI is InChI=1S/C13H18N2O2/c1-11-3-2-4-12(9-11)15-7-5-14(6-8-15)10-13(16)17/h2-4,9H,5-8,10H2,1H3,(H,16,17). The molecule has 0 aromatic heterocycles. The Balaban J connectivity index is 1.93. The fourth-order valence-corrected chi connectivity index (χ4v) is 2.29. The summed E-state index contributed by atoms with van der Waals surface area (Å²) in [6.45, 7) is 5.75. The van der Waals surface area contributed by atoms with Crippen LogP contribution in [0.4, 0.5) is 5.69 Å². The van der Waals surface area contributed by atoms with Crippen LogP contribution in [0.25, 0.3) is 0 Å². The second-order valence-electron chi connectivity index (χ2n) is 4.62. The molecule has 0 atom stereocenters. The van der Waals surface area contributed by atoms with E-state index in [-0.39, 0.29) is 6.54 Å². The number of carboxylic acid groups (broad SMARTS) is 1. The van der Waals surface area contributed by atoms with Gasteiger partial charge < -0.3 is 19.7 Å². The minimum atomic E-state index is -0.955. The first-order chi connectivity index (χ1) is 8.15. The van der Waals surface area contributed by atoms with Crippen LogP contribution < -0.4 is 14.9 Å². The fourth-order valence-electron chi connectivity index (χ4n) is 2.29. The second kappa shape index (κ2) is 5.19. The highest BCUT2D eigenvalue weighted by molar-refractivity contribution is 5.65. The van der Waals surface area contributed by atoms with E-state index in [0.717, 1.165) is 31.1 Å². The molecule has 0 saturated carbocycles. The molecule has 0 bridgehead atoms. The van der Waals surface area contributed by atoms with E-state index in [0.29, 0.717) is 0 Å². The van der Waals surface area contributed by atoms with Crippen molar-refractivity contribution in [3.8, 4) is 0 Å². The highest BCUT2D eigenvalue weighted by atomic mass is 16.4. The summed E-state index contributed by atoms with van der Waals surface area (Å²) < 4.78 is 0. The minimum absolute atomic E-state index is 0.127. The molecule has 1 aromatic rings. The lowest BCUT2D eigenvalue weighted by molar-refractivity contribution is -0.894. The van der Waals surface area contributed by atoms with Gasteiger partial charge >= 0.3 is 0 Å². The van der Waals surface area contributed by atoms with E-state index >= 15 is 0 Å². The Morgan fingerprint density at radius 3 is 2.71 bits per heavy atom. The van der Waals surface area contributed by atoms with Crippen molar-refractivity contribution in [2.24, 2.45) is 0 Å². The molecule has 1 aromatic carbocycles. The number of hydrogen-bond donors (Lipinski definition) is 1. The van der Waals surface area contributed by atoms with Crippen molar-refractivity contribution in [1.29, 1.82) is 0 Å². The minimum Gasteiger partial charge on any atom is -0.544 e. The van der Waals surface area contributed by atoms with E-state index in [9.17, 15) is 9.90 Å². The lowest BCUT2D eigenvalue weighted by Gasteiger charge is -2.33. The quantitative estimate of drug-likeness (QED) is 0.689. The van der Waals surface area contributed by atoms with E-state index < -0.39 is 5.97 Å². The maximum atomic E-state index is 10.5. The fraction of sp³-hybridized carbons (Fsp3) is 0.462. The van der Waals surface area contributed by atoms with Crippen molar-refractivity contribution in [3.05, 3.63) is 29.8 Å². The van der Waals surface area contributed by atoms with Crippen LogP contribution in [0.1, 0.15) is 5.56 Å². The number of carbonyl (C=O) groups is 1. The van der Waals surface area contributed by atoms with E-state index in [1.807, 2.05) is 0 Å². The molecule has 4 nitrogen and oxygen atoms in total. The van der Waals surface area contributed by atoms with Crippen LogP contribution >= 0.6 is 0 Å². The summed E-state index contributed by atoms with van der Waals surface area (Å²) in [5.74, 6) is -0.955. The molecule has 1 fully saturated rings. The number of carbonyl (C=O) groups excluding carboxylic acids is 1. The number of nitrogens with zero attached hydrogens (tertiary/aromatic N) is 1. The molecule has 0 aliphatic carbocycles. The number of quaternary nitrogens is 1. The summed E-state index contributed by atoms with van der Waals surface area (Å²) >= 11 is 0. The van der Waals surface area contributed by atoms with E-state index in [2.05, 4.69) is 36.1 Å². The van der Waals surface area contributed by atoms with Gasteiger partial charge in [-0.15, -0.1) is 0 Å². The predicted octanol–water partition coefficient (Wildman–Crippen LogP) is -1.55. The first kappa shape index (κ1) is 11.9. The van der Waals surface area contributed by atoms with E-state index in [1.165, 1.54) is 11.3 Å². The number of aryl methyl sites for hydroxylation is 1. The largest absolute Gasteiger partial charge is 0.544 e. The van der Waals surface area contributed by atoms with Gasteiger partial charge in [-0.05, 0) is 24.6 Å². The van der Waals surface area contributed by atoms with Crippen LogP contribution in [-0.2, 0) is 4.79 Å². The maximum Gasteiger partial charge on any atom is 0.117 e. The van der Waals surface area contributed by atoms with Gasteiger partial charge in [-0.25, -0.2) is 0 Å². The molecule has 1 aliphatic rings. The van der Waals surface area contributed by atoms with Gasteiger partial charge in [0, 0.05) is 5.69 Å². The average Bonchev–Trinajstić information content (AvgIpc) is 2.29. The lowest BCUT2D eigenvalue weighted by Crippen LogP contribution is -3.16.